The molecule has 220 valence electrons. The van der Waals surface area contributed by atoms with E-state index in [-0.39, 0.29) is 17.2 Å². The minimum atomic E-state index is -1.19. The van der Waals surface area contributed by atoms with Gasteiger partial charge in [-0.15, -0.1) is 0 Å². The quantitative estimate of drug-likeness (QED) is 0.208. The summed E-state index contributed by atoms with van der Waals surface area (Å²) in [5.74, 6) is -2.18. The summed E-state index contributed by atoms with van der Waals surface area (Å²) in [6.45, 7) is 0. The van der Waals surface area contributed by atoms with Crippen molar-refractivity contribution in [1.82, 2.24) is 14.9 Å². The van der Waals surface area contributed by atoms with Gasteiger partial charge in [0.2, 0.25) is 5.91 Å². The number of halogens is 1. The second kappa shape index (κ2) is 11.5. The Bertz CT molecular complexity index is 1750. The third-order valence-electron chi connectivity index (χ3n) is 8.83. The van der Waals surface area contributed by atoms with Crippen LogP contribution in [0.25, 0.3) is 28.4 Å². The van der Waals surface area contributed by atoms with Crippen LogP contribution in [0, 0.1) is 5.82 Å². The number of anilines is 1. The summed E-state index contributed by atoms with van der Waals surface area (Å²) in [4.78, 5) is 42.3. The highest BCUT2D eigenvalue weighted by Gasteiger charge is 2.45. The van der Waals surface area contributed by atoms with E-state index < -0.39 is 23.2 Å². The molecule has 0 aliphatic heterocycles. The molecule has 0 bridgehead atoms. The van der Waals surface area contributed by atoms with E-state index in [2.05, 4.69) is 20.2 Å². The van der Waals surface area contributed by atoms with Gasteiger partial charge >= 0.3 is 5.97 Å². The monoisotopic (exact) mass is 580 g/mol. The molecule has 2 aromatic carbocycles. The van der Waals surface area contributed by atoms with Crippen LogP contribution in [0.4, 0.5) is 10.1 Å². The first kappa shape index (κ1) is 28.3. The molecule has 0 saturated heterocycles. The average molecular weight is 581 g/mol. The van der Waals surface area contributed by atoms with E-state index in [1.54, 1.807) is 6.20 Å². The maximum absolute atomic E-state index is 14.5. The average Bonchev–Trinajstić information content (AvgIpc) is 3.60. The van der Waals surface area contributed by atoms with Crippen molar-refractivity contribution in [2.45, 2.75) is 56.4 Å². The van der Waals surface area contributed by atoms with E-state index in [4.69, 9.17) is 5.11 Å². The van der Waals surface area contributed by atoms with Crippen molar-refractivity contribution in [3.05, 3.63) is 89.4 Å². The lowest BCUT2D eigenvalue weighted by Gasteiger charge is -2.40. The molecule has 2 aliphatic carbocycles. The minimum Gasteiger partial charge on any atom is -0.478 e. The van der Waals surface area contributed by atoms with Crippen molar-refractivity contribution in [2.24, 2.45) is 7.05 Å². The number of aliphatic carboxylic acids is 1. The normalized spacial score (nSPS) is 16.3. The molecule has 9 heteroatoms. The Kier molecular flexibility index (Phi) is 7.56. The maximum atomic E-state index is 14.5. The molecular formula is C34H33FN4O4. The predicted octanol–water partition coefficient (Wildman–Crippen LogP) is 6.43. The van der Waals surface area contributed by atoms with Crippen LogP contribution in [-0.2, 0) is 16.6 Å². The second-order valence-corrected chi connectivity index (χ2v) is 11.5. The van der Waals surface area contributed by atoms with Gasteiger partial charge in [-0.05, 0) is 92.1 Å². The van der Waals surface area contributed by atoms with E-state index >= 15 is 0 Å². The van der Waals surface area contributed by atoms with Crippen molar-refractivity contribution < 1.29 is 23.9 Å². The number of fused-ring (bicyclic) bond motifs is 1. The molecule has 0 atom stereocenters. The molecule has 0 radical (unpaired) electrons. The Morgan fingerprint density at radius 3 is 2.49 bits per heavy atom. The van der Waals surface area contributed by atoms with Gasteiger partial charge in [0.1, 0.15) is 11.4 Å². The van der Waals surface area contributed by atoms with E-state index in [9.17, 15) is 18.8 Å². The molecule has 2 fully saturated rings. The number of carbonyl (C=O) groups is 3. The molecule has 3 N–H and O–H groups in total. The van der Waals surface area contributed by atoms with E-state index in [1.165, 1.54) is 30.5 Å². The van der Waals surface area contributed by atoms with Crippen molar-refractivity contribution in [2.75, 3.05) is 5.32 Å². The van der Waals surface area contributed by atoms with Crippen molar-refractivity contribution >= 4 is 40.4 Å². The number of hydrogen-bond acceptors (Lipinski definition) is 4. The number of rotatable bonds is 8. The SMILES string of the molecule is Cn1c(-c2ccccn2)c(C2CCCC2)c2ccc(C(=O)NC3(C(=O)Nc4ccc(/C=C/C(=O)O)c(F)c4)CCC3)cc21. The van der Waals surface area contributed by atoms with Crippen LogP contribution >= 0.6 is 0 Å². The molecule has 0 spiro atoms. The zero-order valence-corrected chi connectivity index (χ0v) is 23.9. The fraction of sp³-hybridized carbons (Fsp3) is 0.294. The summed E-state index contributed by atoms with van der Waals surface area (Å²) in [7, 11) is 2.01. The summed E-state index contributed by atoms with van der Waals surface area (Å²) < 4.78 is 16.6. The van der Waals surface area contributed by atoms with Gasteiger partial charge < -0.3 is 20.3 Å². The molecule has 2 aliphatic rings. The number of aromatic nitrogens is 2. The van der Waals surface area contributed by atoms with Gasteiger partial charge in [-0.2, -0.15) is 0 Å². The molecule has 2 aromatic heterocycles. The number of carboxylic acid groups (broad SMARTS) is 1. The molecule has 2 saturated carbocycles. The summed E-state index contributed by atoms with van der Waals surface area (Å²) >= 11 is 0. The van der Waals surface area contributed by atoms with Gasteiger partial charge in [-0.25, -0.2) is 9.18 Å². The topological polar surface area (TPSA) is 113 Å². The third-order valence-corrected chi connectivity index (χ3v) is 8.83. The van der Waals surface area contributed by atoms with Crippen molar-refractivity contribution in [3.8, 4) is 11.4 Å². The van der Waals surface area contributed by atoms with Gasteiger partial charge in [0.05, 0.1) is 11.4 Å². The number of hydrogen-bond donors (Lipinski definition) is 3. The van der Waals surface area contributed by atoms with E-state index in [0.29, 0.717) is 24.3 Å². The summed E-state index contributed by atoms with van der Waals surface area (Å²) in [5.41, 5.74) is 3.87. The van der Waals surface area contributed by atoms with Gasteiger partial charge in [0, 0.05) is 47.0 Å². The number of amides is 2. The van der Waals surface area contributed by atoms with Crippen LogP contribution in [0.2, 0.25) is 0 Å². The van der Waals surface area contributed by atoms with Gasteiger partial charge in [-0.3, -0.25) is 14.6 Å². The number of nitrogens with one attached hydrogen (secondary N) is 2. The largest absolute Gasteiger partial charge is 0.478 e. The first-order valence-electron chi connectivity index (χ1n) is 14.6. The highest BCUT2D eigenvalue weighted by molar-refractivity contribution is 6.06. The minimum absolute atomic E-state index is 0.0884. The van der Waals surface area contributed by atoms with E-state index in [1.807, 2.05) is 43.4 Å². The summed E-state index contributed by atoms with van der Waals surface area (Å²) in [5, 5.41) is 15.6. The molecule has 8 nitrogen and oxygen atoms in total. The third kappa shape index (κ3) is 5.43. The Morgan fingerprint density at radius 1 is 1.05 bits per heavy atom. The molecule has 4 aromatic rings. The number of carboxylic acids is 1. The number of aryl methyl sites for hydroxylation is 1. The second-order valence-electron chi connectivity index (χ2n) is 11.5. The van der Waals surface area contributed by atoms with Crippen LogP contribution in [0.15, 0.2) is 66.9 Å². The van der Waals surface area contributed by atoms with Gasteiger partial charge in [0.15, 0.2) is 0 Å². The molecule has 2 heterocycles. The standard InChI is InChI=1S/C34H33FN4O4/c1-39-28-19-23(11-14-25(28)30(22-7-2-3-8-22)31(39)27-9-4-5-18-36-27)32(42)38-34(16-6-17-34)33(43)37-24-13-10-21(26(35)20-24)12-15-29(40)41/h4-5,9-15,18-20,22H,2-3,6-8,16-17H2,1H3,(H,37,43)(H,38,42)(H,40,41)/b15-12+. The van der Waals surface area contributed by atoms with E-state index in [0.717, 1.165) is 59.8 Å². The lowest BCUT2D eigenvalue weighted by atomic mass is 9.75. The first-order chi connectivity index (χ1) is 20.8. The Morgan fingerprint density at radius 2 is 1.84 bits per heavy atom. The first-order valence-corrected chi connectivity index (χ1v) is 14.6. The fourth-order valence-electron chi connectivity index (χ4n) is 6.43. The van der Waals surface area contributed by atoms with Crippen LogP contribution in [0.5, 0.6) is 0 Å². The zero-order valence-electron chi connectivity index (χ0n) is 23.9. The maximum Gasteiger partial charge on any atom is 0.328 e. The molecule has 2 amide bonds. The molecule has 6 rings (SSSR count). The predicted molar refractivity (Wildman–Crippen MR) is 163 cm³/mol. The highest BCUT2D eigenvalue weighted by Crippen LogP contribution is 2.44. The lowest BCUT2D eigenvalue weighted by molar-refractivity contribution is -0.131. The summed E-state index contributed by atoms with van der Waals surface area (Å²) in [6, 6.07) is 15.7. The smallest absolute Gasteiger partial charge is 0.328 e. The lowest BCUT2D eigenvalue weighted by Crippen LogP contribution is -2.61. The highest BCUT2D eigenvalue weighted by atomic mass is 19.1. The van der Waals surface area contributed by atoms with Gasteiger partial charge in [-0.1, -0.05) is 25.0 Å². The van der Waals surface area contributed by atoms with Crippen molar-refractivity contribution in [1.29, 1.82) is 0 Å². The van der Waals surface area contributed by atoms with Crippen LogP contribution in [0.3, 0.4) is 0 Å². The van der Waals surface area contributed by atoms with Gasteiger partial charge in [0.25, 0.3) is 5.91 Å². The molecular weight excluding hydrogens is 547 g/mol. The number of nitrogens with zero attached hydrogens (tertiary/aromatic N) is 2. The van der Waals surface area contributed by atoms with Crippen LogP contribution < -0.4 is 10.6 Å². The fourth-order valence-corrected chi connectivity index (χ4v) is 6.43. The number of benzene rings is 2. The molecule has 43 heavy (non-hydrogen) atoms. The Hall–Kier alpha value is -4.79. The number of carbonyl (C=O) groups excluding carboxylic acids is 2. The molecule has 0 unspecified atom stereocenters. The number of pyridine rings is 1. The summed E-state index contributed by atoms with van der Waals surface area (Å²) in [6.07, 6.45) is 10.2. The van der Waals surface area contributed by atoms with Crippen LogP contribution in [0.1, 0.15) is 72.3 Å². The van der Waals surface area contributed by atoms with Crippen LogP contribution in [-0.4, -0.2) is 38.0 Å². The zero-order chi connectivity index (χ0) is 30.1. The Balaban J connectivity index is 1.26. The Labute approximate surface area is 248 Å². The van der Waals surface area contributed by atoms with Crippen molar-refractivity contribution in [3.63, 3.8) is 0 Å².